The SMILES string of the molecule is COc1ccc(NC(=O)c2ncoc2-c2ccccc2C(=O)Nc2cccc(F)c2)c(OC)c1. The smallest absolute Gasteiger partial charge is 0.278 e. The minimum atomic E-state index is -0.562. The zero-order valence-corrected chi connectivity index (χ0v) is 18.3. The molecule has 4 aromatic rings. The molecule has 3 aromatic carbocycles. The van der Waals surface area contributed by atoms with E-state index in [0.29, 0.717) is 28.4 Å². The quantitative estimate of drug-likeness (QED) is 0.401. The third kappa shape index (κ3) is 4.73. The van der Waals surface area contributed by atoms with Gasteiger partial charge in [-0.15, -0.1) is 0 Å². The number of hydrogen-bond donors (Lipinski definition) is 2. The van der Waals surface area contributed by atoms with E-state index in [-0.39, 0.29) is 17.0 Å². The predicted molar refractivity (Wildman–Crippen MR) is 124 cm³/mol. The van der Waals surface area contributed by atoms with Gasteiger partial charge < -0.3 is 24.5 Å². The molecule has 0 unspecified atom stereocenters. The maximum atomic E-state index is 13.5. The molecule has 2 N–H and O–H groups in total. The number of ether oxygens (including phenoxy) is 2. The van der Waals surface area contributed by atoms with Crippen LogP contribution in [-0.4, -0.2) is 31.0 Å². The lowest BCUT2D eigenvalue weighted by Gasteiger charge is -2.12. The van der Waals surface area contributed by atoms with Crippen molar-refractivity contribution >= 4 is 23.2 Å². The van der Waals surface area contributed by atoms with Crippen LogP contribution in [0.1, 0.15) is 20.8 Å². The topological polar surface area (TPSA) is 103 Å². The van der Waals surface area contributed by atoms with Crippen LogP contribution in [0.15, 0.2) is 77.5 Å². The molecule has 34 heavy (non-hydrogen) atoms. The first-order valence-corrected chi connectivity index (χ1v) is 10.1. The number of carbonyl (C=O) groups is 2. The standard InChI is InChI=1S/C25H20FN3O5/c1-32-17-10-11-20(21(13-17)33-2)29-25(31)22-23(34-14-27-22)18-8-3-4-9-19(18)24(30)28-16-7-5-6-15(26)12-16/h3-14H,1-2H3,(H,28,30)(H,29,31). The number of rotatable bonds is 7. The first-order valence-electron chi connectivity index (χ1n) is 10.1. The van der Waals surface area contributed by atoms with Crippen molar-refractivity contribution in [1.29, 1.82) is 0 Å². The van der Waals surface area contributed by atoms with E-state index in [1.165, 1.54) is 32.4 Å². The van der Waals surface area contributed by atoms with Crippen LogP contribution in [0.4, 0.5) is 15.8 Å². The summed E-state index contributed by atoms with van der Waals surface area (Å²) in [6.07, 6.45) is 1.12. The Balaban J connectivity index is 1.63. The molecule has 9 heteroatoms. The fourth-order valence-corrected chi connectivity index (χ4v) is 3.33. The zero-order valence-electron chi connectivity index (χ0n) is 18.3. The molecule has 0 spiro atoms. The molecule has 0 aliphatic heterocycles. The maximum Gasteiger partial charge on any atom is 0.278 e. The molecular formula is C25H20FN3O5. The second kappa shape index (κ2) is 9.86. The normalized spacial score (nSPS) is 10.4. The van der Waals surface area contributed by atoms with Gasteiger partial charge in [-0.1, -0.05) is 24.3 Å². The Bertz CT molecular complexity index is 1350. The Hall–Kier alpha value is -4.66. The number of methoxy groups -OCH3 is 2. The zero-order chi connectivity index (χ0) is 24.1. The van der Waals surface area contributed by atoms with Crippen molar-refractivity contribution in [2.75, 3.05) is 24.9 Å². The van der Waals surface area contributed by atoms with Gasteiger partial charge in [0, 0.05) is 17.3 Å². The molecule has 0 saturated heterocycles. The number of carbonyl (C=O) groups excluding carboxylic acids is 2. The summed E-state index contributed by atoms with van der Waals surface area (Å²) in [6, 6.07) is 17.0. The highest BCUT2D eigenvalue weighted by molar-refractivity contribution is 6.11. The van der Waals surface area contributed by atoms with Gasteiger partial charge in [0.15, 0.2) is 17.8 Å². The molecule has 0 radical (unpaired) electrons. The lowest BCUT2D eigenvalue weighted by Crippen LogP contribution is -2.16. The van der Waals surface area contributed by atoms with Crippen molar-refractivity contribution in [2.24, 2.45) is 0 Å². The Kier molecular flexibility index (Phi) is 6.54. The van der Waals surface area contributed by atoms with E-state index in [2.05, 4.69) is 15.6 Å². The first-order chi connectivity index (χ1) is 16.5. The summed E-state index contributed by atoms with van der Waals surface area (Å²) in [4.78, 5) is 30.0. The van der Waals surface area contributed by atoms with Gasteiger partial charge in [0.05, 0.1) is 25.5 Å². The third-order valence-electron chi connectivity index (χ3n) is 4.94. The van der Waals surface area contributed by atoms with E-state index < -0.39 is 17.6 Å². The number of oxazole rings is 1. The number of aromatic nitrogens is 1. The average molecular weight is 461 g/mol. The molecule has 1 heterocycles. The molecule has 0 bridgehead atoms. The van der Waals surface area contributed by atoms with Crippen molar-refractivity contribution in [3.05, 3.63) is 90.2 Å². The van der Waals surface area contributed by atoms with E-state index in [4.69, 9.17) is 13.9 Å². The molecule has 0 fully saturated rings. The van der Waals surface area contributed by atoms with Crippen molar-refractivity contribution in [1.82, 2.24) is 4.98 Å². The second-order valence-electron chi connectivity index (χ2n) is 7.06. The van der Waals surface area contributed by atoms with Crippen LogP contribution in [0.3, 0.4) is 0 Å². The number of amides is 2. The van der Waals surface area contributed by atoms with E-state index in [9.17, 15) is 14.0 Å². The minimum Gasteiger partial charge on any atom is -0.497 e. The van der Waals surface area contributed by atoms with Crippen LogP contribution in [0.25, 0.3) is 11.3 Å². The predicted octanol–water partition coefficient (Wildman–Crippen LogP) is 5.00. The number of nitrogens with zero attached hydrogens (tertiary/aromatic N) is 1. The van der Waals surface area contributed by atoms with Crippen molar-refractivity contribution in [3.8, 4) is 22.8 Å². The summed E-state index contributed by atoms with van der Waals surface area (Å²) >= 11 is 0. The molecular weight excluding hydrogens is 441 g/mol. The van der Waals surface area contributed by atoms with Crippen molar-refractivity contribution in [3.63, 3.8) is 0 Å². The van der Waals surface area contributed by atoms with Gasteiger partial charge in [0.25, 0.3) is 11.8 Å². The summed E-state index contributed by atoms with van der Waals surface area (Å²) in [5.41, 5.74) is 1.24. The van der Waals surface area contributed by atoms with Crippen LogP contribution in [-0.2, 0) is 0 Å². The highest BCUT2D eigenvalue weighted by Crippen LogP contribution is 2.31. The van der Waals surface area contributed by atoms with Crippen LogP contribution >= 0.6 is 0 Å². The maximum absolute atomic E-state index is 13.5. The molecule has 8 nitrogen and oxygen atoms in total. The fraction of sp³-hybridized carbons (Fsp3) is 0.0800. The Morgan fingerprint density at radius 2 is 1.74 bits per heavy atom. The monoisotopic (exact) mass is 461 g/mol. The van der Waals surface area contributed by atoms with Gasteiger partial charge >= 0.3 is 0 Å². The molecule has 0 atom stereocenters. The second-order valence-corrected chi connectivity index (χ2v) is 7.06. The summed E-state index contributed by atoms with van der Waals surface area (Å²) < 4.78 is 29.5. The van der Waals surface area contributed by atoms with Crippen LogP contribution in [0, 0.1) is 5.82 Å². The van der Waals surface area contributed by atoms with E-state index in [0.717, 1.165) is 6.39 Å². The number of halogens is 1. The highest BCUT2D eigenvalue weighted by atomic mass is 19.1. The Morgan fingerprint density at radius 3 is 2.50 bits per heavy atom. The van der Waals surface area contributed by atoms with Crippen LogP contribution in [0.5, 0.6) is 11.5 Å². The van der Waals surface area contributed by atoms with E-state index in [1.54, 1.807) is 48.5 Å². The van der Waals surface area contributed by atoms with Gasteiger partial charge in [-0.25, -0.2) is 9.37 Å². The molecule has 2 amide bonds. The number of nitrogens with one attached hydrogen (secondary N) is 2. The fourth-order valence-electron chi connectivity index (χ4n) is 3.33. The summed E-state index contributed by atoms with van der Waals surface area (Å²) in [5.74, 6) is -0.472. The summed E-state index contributed by atoms with van der Waals surface area (Å²) in [6.45, 7) is 0. The number of hydrogen-bond acceptors (Lipinski definition) is 6. The minimum absolute atomic E-state index is 0.0242. The summed E-state index contributed by atoms with van der Waals surface area (Å²) in [5, 5.41) is 5.38. The lowest BCUT2D eigenvalue weighted by molar-refractivity contribution is 0.101. The number of benzene rings is 3. The first kappa shape index (κ1) is 22.5. The molecule has 0 saturated carbocycles. The van der Waals surface area contributed by atoms with Gasteiger partial charge in [0.2, 0.25) is 0 Å². The van der Waals surface area contributed by atoms with Crippen LogP contribution in [0.2, 0.25) is 0 Å². The molecule has 1 aromatic heterocycles. The van der Waals surface area contributed by atoms with Gasteiger partial charge in [-0.2, -0.15) is 0 Å². The van der Waals surface area contributed by atoms with E-state index >= 15 is 0 Å². The van der Waals surface area contributed by atoms with Crippen molar-refractivity contribution < 1.29 is 27.9 Å². The lowest BCUT2D eigenvalue weighted by atomic mass is 10.0. The third-order valence-corrected chi connectivity index (χ3v) is 4.94. The average Bonchev–Trinajstić information content (AvgIpc) is 3.34. The molecule has 172 valence electrons. The summed E-state index contributed by atoms with van der Waals surface area (Å²) in [7, 11) is 3.00. The highest BCUT2D eigenvalue weighted by Gasteiger charge is 2.23. The Labute approximate surface area is 194 Å². The molecule has 4 rings (SSSR count). The van der Waals surface area contributed by atoms with E-state index in [1.807, 2.05) is 0 Å². The number of anilines is 2. The Morgan fingerprint density at radius 1 is 0.912 bits per heavy atom. The van der Waals surface area contributed by atoms with Gasteiger partial charge in [0.1, 0.15) is 17.3 Å². The molecule has 0 aliphatic rings. The van der Waals surface area contributed by atoms with Crippen molar-refractivity contribution in [2.45, 2.75) is 0 Å². The van der Waals surface area contributed by atoms with Crippen LogP contribution < -0.4 is 20.1 Å². The van der Waals surface area contributed by atoms with Gasteiger partial charge in [-0.05, 0) is 36.4 Å². The largest absolute Gasteiger partial charge is 0.497 e. The van der Waals surface area contributed by atoms with Gasteiger partial charge in [-0.3, -0.25) is 9.59 Å². The molecule has 0 aliphatic carbocycles.